The number of likely N-dealkylation sites (N-methyl/N-ethyl adjacent to an activating group) is 1. The van der Waals surface area contributed by atoms with Gasteiger partial charge in [0.05, 0.1) is 10.6 Å². The lowest BCUT2D eigenvalue weighted by Gasteiger charge is -2.28. The van der Waals surface area contributed by atoms with Crippen LogP contribution in [0.2, 0.25) is 0 Å². The number of aliphatic carboxylic acids is 1. The third-order valence-electron chi connectivity index (χ3n) is 5.55. The van der Waals surface area contributed by atoms with Gasteiger partial charge in [0.1, 0.15) is 11.4 Å². The van der Waals surface area contributed by atoms with E-state index in [1.165, 1.54) is 31.3 Å². The Labute approximate surface area is 209 Å². The van der Waals surface area contributed by atoms with Crippen molar-refractivity contribution in [1.29, 1.82) is 0 Å². The van der Waals surface area contributed by atoms with Crippen LogP contribution in [0.3, 0.4) is 0 Å². The van der Waals surface area contributed by atoms with Crippen LogP contribution in [0, 0.1) is 12.7 Å². The molecule has 3 rings (SSSR count). The summed E-state index contributed by atoms with van der Waals surface area (Å²) < 4.78 is 44.6. The molecular weight excluding hydrogens is 487 g/mol. The summed E-state index contributed by atoms with van der Waals surface area (Å²) in [4.78, 5) is 26.3. The number of carbonyl (C=O) groups excluding carboxylic acids is 1. The Hall–Kier alpha value is -3.66. The summed E-state index contributed by atoms with van der Waals surface area (Å²) >= 11 is 0. The SMILES string of the molecule is Cc1c([C@H](C(=O)O)N(C)C(=O)OC(C)(C)C)cc(-c2ccc(S(C)(=O)=O)cc2)n1-c1ccc(F)cc1. The number of hydrogen-bond acceptors (Lipinski definition) is 5. The van der Waals surface area contributed by atoms with Crippen LogP contribution in [0.5, 0.6) is 0 Å². The van der Waals surface area contributed by atoms with Gasteiger partial charge in [-0.2, -0.15) is 0 Å². The van der Waals surface area contributed by atoms with Crippen LogP contribution in [-0.4, -0.2) is 54.0 Å². The van der Waals surface area contributed by atoms with Crippen molar-refractivity contribution in [2.75, 3.05) is 13.3 Å². The number of amides is 1. The monoisotopic (exact) mass is 516 g/mol. The minimum atomic E-state index is -3.42. The summed E-state index contributed by atoms with van der Waals surface area (Å²) in [7, 11) is -2.07. The lowest BCUT2D eigenvalue weighted by Crippen LogP contribution is -2.39. The highest BCUT2D eigenvalue weighted by Crippen LogP contribution is 2.35. The van der Waals surface area contributed by atoms with Gasteiger partial charge in [-0.15, -0.1) is 0 Å². The van der Waals surface area contributed by atoms with E-state index in [2.05, 4.69) is 0 Å². The quantitative estimate of drug-likeness (QED) is 0.495. The summed E-state index contributed by atoms with van der Waals surface area (Å²) in [5, 5.41) is 10.1. The van der Waals surface area contributed by atoms with Gasteiger partial charge in [-0.25, -0.2) is 22.4 Å². The van der Waals surface area contributed by atoms with E-state index in [9.17, 15) is 27.5 Å². The molecule has 1 heterocycles. The molecule has 0 radical (unpaired) electrons. The molecular formula is C26H29FN2O6S. The normalized spacial score (nSPS) is 12.8. The second-order valence-electron chi connectivity index (χ2n) is 9.51. The average molecular weight is 517 g/mol. The van der Waals surface area contributed by atoms with Gasteiger partial charge in [0.2, 0.25) is 0 Å². The predicted octanol–water partition coefficient (Wildman–Crippen LogP) is 4.99. The summed E-state index contributed by atoms with van der Waals surface area (Å²) in [6, 6.07) is 12.1. The van der Waals surface area contributed by atoms with Crippen molar-refractivity contribution < 1.29 is 32.2 Å². The summed E-state index contributed by atoms with van der Waals surface area (Å²) in [6.45, 7) is 6.75. The van der Waals surface area contributed by atoms with Gasteiger partial charge in [0.25, 0.3) is 0 Å². The topological polar surface area (TPSA) is 106 Å². The summed E-state index contributed by atoms with van der Waals surface area (Å²) in [6.07, 6.45) is 0.304. The fourth-order valence-electron chi connectivity index (χ4n) is 3.86. The van der Waals surface area contributed by atoms with Crippen LogP contribution in [0.4, 0.5) is 9.18 Å². The highest BCUT2D eigenvalue weighted by Gasteiger charge is 2.34. The second kappa shape index (κ2) is 9.77. The minimum Gasteiger partial charge on any atom is -0.479 e. The fourth-order valence-corrected chi connectivity index (χ4v) is 4.49. The number of carboxylic acid groups (broad SMARTS) is 1. The van der Waals surface area contributed by atoms with E-state index in [1.807, 2.05) is 0 Å². The van der Waals surface area contributed by atoms with Crippen molar-refractivity contribution >= 4 is 21.9 Å². The molecule has 0 aliphatic rings. The Morgan fingerprint density at radius 3 is 2.08 bits per heavy atom. The van der Waals surface area contributed by atoms with E-state index in [1.54, 1.807) is 62.6 Å². The number of carboxylic acids is 1. The predicted molar refractivity (Wildman–Crippen MR) is 133 cm³/mol. The Morgan fingerprint density at radius 2 is 1.61 bits per heavy atom. The zero-order valence-electron chi connectivity index (χ0n) is 20.9. The molecule has 8 nitrogen and oxygen atoms in total. The van der Waals surface area contributed by atoms with E-state index in [4.69, 9.17) is 4.74 Å². The maximum Gasteiger partial charge on any atom is 0.411 e. The first-order chi connectivity index (χ1) is 16.6. The van der Waals surface area contributed by atoms with Crippen LogP contribution in [0.15, 0.2) is 59.5 Å². The first kappa shape index (κ1) is 26.9. The standard InChI is InChI=1S/C26H29FN2O6S/c1-16-21(23(24(30)31)28(5)25(32)35-26(2,3)4)15-22(29(16)19-11-9-18(27)10-12-19)17-7-13-20(14-8-17)36(6,33)34/h7-15,23H,1-6H3,(H,30,31)/t23-/m1/s1. The Kier molecular flexibility index (Phi) is 7.31. The number of rotatable bonds is 6. The number of sulfone groups is 1. The van der Waals surface area contributed by atoms with Crippen molar-refractivity contribution in [2.24, 2.45) is 0 Å². The van der Waals surface area contributed by atoms with Gasteiger partial charge >= 0.3 is 12.1 Å². The lowest BCUT2D eigenvalue weighted by molar-refractivity contribution is -0.143. The maximum atomic E-state index is 13.6. The lowest BCUT2D eigenvalue weighted by atomic mass is 10.1. The molecule has 0 aliphatic heterocycles. The molecule has 1 aromatic heterocycles. The molecule has 0 spiro atoms. The Morgan fingerprint density at radius 1 is 1.06 bits per heavy atom. The van der Waals surface area contributed by atoms with Crippen molar-refractivity contribution in [2.45, 2.75) is 44.2 Å². The molecule has 0 saturated heterocycles. The summed E-state index contributed by atoms with van der Waals surface area (Å²) in [5.74, 6) is -1.70. The highest BCUT2D eigenvalue weighted by atomic mass is 32.2. The number of nitrogens with zero attached hydrogens (tertiary/aromatic N) is 2. The number of aromatic nitrogens is 1. The molecule has 1 N–H and O–H groups in total. The van der Waals surface area contributed by atoms with E-state index in [0.29, 0.717) is 28.2 Å². The zero-order chi connectivity index (χ0) is 27.0. The molecule has 36 heavy (non-hydrogen) atoms. The number of benzene rings is 2. The van der Waals surface area contributed by atoms with Gasteiger partial charge in [-0.3, -0.25) is 4.90 Å². The molecule has 1 atom stereocenters. The molecule has 3 aromatic rings. The molecule has 0 bridgehead atoms. The van der Waals surface area contributed by atoms with Gasteiger partial charge in [0.15, 0.2) is 15.9 Å². The van der Waals surface area contributed by atoms with Gasteiger partial charge in [0, 0.05) is 30.2 Å². The van der Waals surface area contributed by atoms with Crippen LogP contribution in [0.1, 0.15) is 38.1 Å². The van der Waals surface area contributed by atoms with Crippen LogP contribution in [-0.2, 0) is 19.4 Å². The third-order valence-corrected chi connectivity index (χ3v) is 6.68. The van der Waals surface area contributed by atoms with E-state index >= 15 is 0 Å². The molecule has 0 saturated carbocycles. The molecule has 0 unspecified atom stereocenters. The van der Waals surface area contributed by atoms with E-state index < -0.39 is 39.4 Å². The van der Waals surface area contributed by atoms with Crippen LogP contribution >= 0.6 is 0 Å². The van der Waals surface area contributed by atoms with Gasteiger partial charge in [-0.1, -0.05) is 12.1 Å². The van der Waals surface area contributed by atoms with Gasteiger partial charge in [-0.05, 0) is 75.7 Å². The van der Waals surface area contributed by atoms with E-state index in [0.717, 1.165) is 11.2 Å². The van der Waals surface area contributed by atoms with Gasteiger partial charge < -0.3 is 14.4 Å². The largest absolute Gasteiger partial charge is 0.479 e. The second-order valence-corrected chi connectivity index (χ2v) is 11.5. The number of halogens is 1. The van der Waals surface area contributed by atoms with E-state index in [-0.39, 0.29) is 4.90 Å². The molecule has 192 valence electrons. The summed E-state index contributed by atoms with van der Waals surface area (Å²) in [5.41, 5.74) is 1.71. The number of ether oxygens (including phenoxy) is 1. The zero-order valence-corrected chi connectivity index (χ0v) is 21.8. The molecule has 10 heteroatoms. The Bertz CT molecular complexity index is 1390. The van der Waals surface area contributed by atoms with Crippen LogP contribution < -0.4 is 0 Å². The minimum absolute atomic E-state index is 0.135. The fraction of sp³-hybridized carbons (Fsp3) is 0.308. The number of carbonyl (C=O) groups is 2. The molecule has 1 amide bonds. The van der Waals surface area contributed by atoms with Crippen molar-refractivity contribution in [3.8, 4) is 16.9 Å². The molecule has 0 aliphatic carbocycles. The molecule has 0 fully saturated rings. The highest BCUT2D eigenvalue weighted by molar-refractivity contribution is 7.90. The van der Waals surface area contributed by atoms with Crippen LogP contribution in [0.25, 0.3) is 16.9 Å². The molecule has 2 aromatic carbocycles. The Balaban J connectivity index is 2.22. The first-order valence-electron chi connectivity index (χ1n) is 11.1. The smallest absolute Gasteiger partial charge is 0.411 e. The maximum absolute atomic E-state index is 13.6. The van der Waals surface area contributed by atoms with Crippen molar-refractivity contribution in [3.05, 3.63) is 71.7 Å². The third kappa shape index (κ3) is 5.76. The average Bonchev–Trinajstić information content (AvgIpc) is 3.09. The number of hydrogen-bond donors (Lipinski definition) is 1. The first-order valence-corrected chi connectivity index (χ1v) is 13.0. The van der Waals surface area contributed by atoms with Crippen molar-refractivity contribution in [1.82, 2.24) is 9.47 Å². The van der Waals surface area contributed by atoms with Crippen molar-refractivity contribution in [3.63, 3.8) is 0 Å².